The van der Waals surface area contributed by atoms with Gasteiger partial charge in [-0.15, -0.1) is 0 Å². The van der Waals surface area contributed by atoms with E-state index in [0.29, 0.717) is 0 Å². The number of ether oxygens (including phenoxy) is 1. The fourth-order valence-corrected chi connectivity index (χ4v) is 1.96. The van der Waals surface area contributed by atoms with Crippen molar-refractivity contribution >= 4 is 5.69 Å². The largest absolute Gasteiger partial charge is 0.497 e. The van der Waals surface area contributed by atoms with Crippen LogP contribution in [0.4, 0.5) is 5.69 Å². The zero-order chi connectivity index (χ0) is 13.0. The Morgan fingerprint density at radius 1 is 1.06 bits per heavy atom. The molecule has 2 rings (SSSR count). The van der Waals surface area contributed by atoms with Crippen LogP contribution in [0.3, 0.4) is 0 Å². The highest BCUT2D eigenvalue weighted by atomic mass is 16.5. The highest BCUT2D eigenvalue weighted by Gasteiger charge is 2.05. The van der Waals surface area contributed by atoms with Crippen molar-refractivity contribution in [1.82, 2.24) is 0 Å². The Bertz CT molecular complexity index is 505. The van der Waals surface area contributed by atoms with Gasteiger partial charge in [-0.25, -0.2) is 0 Å². The van der Waals surface area contributed by atoms with Crippen LogP contribution >= 0.6 is 0 Å². The predicted octanol–water partition coefficient (Wildman–Crippen LogP) is 4.18. The summed E-state index contributed by atoms with van der Waals surface area (Å²) in [4.78, 5) is 0. The van der Waals surface area contributed by atoms with Crippen LogP contribution in [0.2, 0.25) is 0 Å². The molecule has 1 unspecified atom stereocenters. The number of hydrogen-bond donors (Lipinski definition) is 1. The summed E-state index contributed by atoms with van der Waals surface area (Å²) in [5, 5.41) is 3.50. The minimum atomic E-state index is 0.276. The molecule has 0 saturated carbocycles. The second-order valence-corrected chi connectivity index (χ2v) is 4.51. The van der Waals surface area contributed by atoms with Crippen LogP contribution in [-0.2, 0) is 0 Å². The van der Waals surface area contributed by atoms with Gasteiger partial charge in [0.2, 0.25) is 0 Å². The number of rotatable bonds is 4. The van der Waals surface area contributed by atoms with Crippen LogP contribution in [-0.4, -0.2) is 7.11 Å². The first kappa shape index (κ1) is 12.5. The lowest BCUT2D eigenvalue weighted by Gasteiger charge is -2.16. The summed E-state index contributed by atoms with van der Waals surface area (Å²) in [7, 11) is 1.68. The van der Waals surface area contributed by atoms with Crippen LogP contribution in [0.25, 0.3) is 0 Å². The Morgan fingerprint density at radius 2 is 1.78 bits per heavy atom. The van der Waals surface area contributed by atoms with Gasteiger partial charge in [-0.3, -0.25) is 0 Å². The summed E-state index contributed by atoms with van der Waals surface area (Å²) < 4.78 is 5.16. The average Bonchev–Trinajstić information content (AvgIpc) is 2.39. The maximum atomic E-state index is 5.16. The normalized spacial score (nSPS) is 11.9. The number of anilines is 1. The molecule has 2 aromatic carbocycles. The topological polar surface area (TPSA) is 21.3 Å². The molecule has 0 spiro atoms. The van der Waals surface area contributed by atoms with E-state index in [-0.39, 0.29) is 6.04 Å². The van der Waals surface area contributed by atoms with Gasteiger partial charge in [-0.1, -0.05) is 24.3 Å². The summed E-state index contributed by atoms with van der Waals surface area (Å²) >= 11 is 0. The molecule has 0 aliphatic heterocycles. The molecule has 0 saturated heterocycles. The third kappa shape index (κ3) is 3.04. The van der Waals surface area contributed by atoms with Gasteiger partial charge >= 0.3 is 0 Å². The standard InChI is InChI=1S/C16H19NO/c1-12-5-4-6-15(11-12)17-13(2)14-7-9-16(18-3)10-8-14/h4-11,13,17H,1-3H3. The van der Waals surface area contributed by atoms with Crippen LogP contribution in [0.5, 0.6) is 5.75 Å². The molecule has 0 aromatic heterocycles. The first-order valence-corrected chi connectivity index (χ1v) is 6.16. The van der Waals surface area contributed by atoms with Crippen molar-refractivity contribution in [3.63, 3.8) is 0 Å². The van der Waals surface area contributed by atoms with Gasteiger partial charge < -0.3 is 10.1 Å². The molecule has 18 heavy (non-hydrogen) atoms. The van der Waals surface area contributed by atoms with E-state index in [0.717, 1.165) is 11.4 Å². The van der Waals surface area contributed by atoms with Gasteiger partial charge in [0, 0.05) is 11.7 Å². The maximum Gasteiger partial charge on any atom is 0.118 e. The van der Waals surface area contributed by atoms with E-state index < -0.39 is 0 Å². The SMILES string of the molecule is COc1ccc(C(C)Nc2cccc(C)c2)cc1. The van der Waals surface area contributed by atoms with E-state index in [1.54, 1.807) is 7.11 Å². The van der Waals surface area contributed by atoms with E-state index in [1.807, 2.05) is 12.1 Å². The van der Waals surface area contributed by atoms with Crippen LogP contribution in [0.15, 0.2) is 48.5 Å². The predicted molar refractivity (Wildman–Crippen MR) is 76.2 cm³/mol. The van der Waals surface area contributed by atoms with Crippen molar-refractivity contribution in [2.24, 2.45) is 0 Å². The first-order chi connectivity index (χ1) is 8.69. The molecule has 0 radical (unpaired) electrons. The second-order valence-electron chi connectivity index (χ2n) is 4.51. The summed E-state index contributed by atoms with van der Waals surface area (Å²) in [5.41, 5.74) is 3.66. The second kappa shape index (κ2) is 5.58. The molecule has 2 aromatic rings. The van der Waals surface area contributed by atoms with Crippen molar-refractivity contribution in [1.29, 1.82) is 0 Å². The van der Waals surface area contributed by atoms with Gasteiger partial charge in [0.1, 0.15) is 5.75 Å². The smallest absolute Gasteiger partial charge is 0.118 e. The number of hydrogen-bond acceptors (Lipinski definition) is 2. The lowest BCUT2D eigenvalue weighted by atomic mass is 10.1. The number of methoxy groups -OCH3 is 1. The van der Waals surface area contributed by atoms with Crippen LogP contribution < -0.4 is 10.1 Å². The van der Waals surface area contributed by atoms with Gasteiger partial charge in [0.15, 0.2) is 0 Å². The molecule has 1 atom stereocenters. The molecule has 2 nitrogen and oxygen atoms in total. The lowest BCUT2D eigenvalue weighted by Crippen LogP contribution is -2.06. The minimum absolute atomic E-state index is 0.276. The monoisotopic (exact) mass is 241 g/mol. The molecule has 2 heteroatoms. The molecule has 0 amide bonds. The molecular weight excluding hydrogens is 222 g/mol. The average molecular weight is 241 g/mol. The minimum Gasteiger partial charge on any atom is -0.497 e. The summed E-state index contributed by atoms with van der Waals surface area (Å²) in [6, 6.07) is 16.8. The van der Waals surface area contributed by atoms with E-state index in [2.05, 4.69) is 55.6 Å². The van der Waals surface area contributed by atoms with Gasteiger partial charge in [0.25, 0.3) is 0 Å². The molecular formula is C16H19NO. The number of nitrogens with one attached hydrogen (secondary N) is 1. The summed E-state index contributed by atoms with van der Waals surface area (Å²) in [6.07, 6.45) is 0. The Kier molecular flexibility index (Phi) is 3.88. The fraction of sp³-hybridized carbons (Fsp3) is 0.250. The third-order valence-corrected chi connectivity index (χ3v) is 3.02. The highest BCUT2D eigenvalue weighted by Crippen LogP contribution is 2.21. The molecule has 94 valence electrons. The lowest BCUT2D eigenvalue weighted by molar-refractivity contribution is 0.414. The first-order valence-electron chi connectivity index (χ1n) is 6.16. The highest BCUT2D eigenvalue weighted by molar-refractivity contribution is 5.47. The number of benzene rings is 2. The molecule has 0 heterocycles. The molecule has 0 bridgehead atoms. The summed E-state index contributed by atoms with van der Waals surface area (Å²) in [6.45, 7) is 4.26. The van der Waals surface area contributed by atoms with Crippen molar-refractivity contribution in [3.8, 4) is 5.75 Å². The molecule has 0 fully saturated rings. The van der Waals surface area contributed by atoms with Crippen molar-refractivity contribution < 1.29 is 4.74 Å². The number of aryl methyl sites for hydroxylation is 1. The van der Waals surface area contributed by atoms with Gasteiger partial charge in [-0.2, -0.15) is 0 Å². The van der Waals surface area contributed by atoms with E-state index in [9.17, 15) is 0 Å². The fourth-order valence-electron chi connectivity index (χ4n) is 1.96. The molecule has 1 N–H and O–H groups in total. The Balaban J connectivity index is 2.09. The zero-order valence-corrected chi connectivity index (χ0v) is 11.1. The summed E-state index contributed by atoms with van der Waals surface area (Å²) in [5.74, 6) is 0.890. The van der Waals surface area contributed by atoms with Crippen molar-refractivity contribution in [2.75, 3.05) is 12.4 Å². The Morgan fingerprint density at radius 3 is 2.39 bits per heavy atom. The van der Waals surface area contributed by atoms with E-state index >= 15 is 0 Å². The Hall–Kier alpha value is -1.96. The maximum absolute atomic E-state index is 5.16. The van der Waals surface area contributed by atoms with Crippen LogP contribution in [0.1, 0.15) is 24.1 Å². The van der Waals surface area contributed by atoms with Crippen LogP contribution in [0, 0.1) is 6.92 Å². The Labute approximate surface area is 109 Å². The zero-order valence-electron chi connectivity index (χ0n) is 11.1. The van der Waals surface area contributed by atoms with Crippen molar-refractivity contribution in [3.05, 3.63) is 59.7 Å². The van der Waals surface area contributed by atoms with Gasteiger partial charge in [0.05, 0.1) is 7.11 Å². The molecule has 0 aliphatic carbocycles. The quantitative estimate of drug-likeness (QED) is 0.867. The van der Waals surface area contributed by atoms with E-state index in [1.165, 1.54) is 11.1 Å². The van der Waals surface area contributed by atoms with Crippen molar-refractivity contribution in [2.45, 2.75) is 19.9 Å². The molecule has 0 aliphatic rings. The van der Waals surface area contributed by atoms with Gasteiger partial charge in [-0.05, 0) is 49.2 Å². The third-order valence-electron chi connectivity index (χ3n) is 3.02. The van der Waals surface area contributed by atoms with E-state index in [4.69, 9.17) is 4.74 Å².